The Morgan fingerprint density at radius 2 is 1.57 bits per heavy atom. The van der Waals surface area contributed by atoms with E-state index in [9.17, 15) is 54.1 Å². The molecule has 0 saturated carbocycles. The van der Waals surface area contributed by atoms with E-state index in [1.165, 1.54) is 6.07 Å². The standard InChI is InChI=1S/C29H40N2O15S/c1-2-3-9-30-16-10-14(28(39)40)11-19(25(16)43-15-7-5-4-6-8-15)47(41,42)31-27-23(37)22(36)26(18(13-33)44-27)46-29-24(38)21(35)20(34)17(12-32)45-29/h4-8,10-11,17-18,20-24,26-27,29-38H,2-3,9,12-13H2,1H3,(H,39,40). The molecule has 4 rings (SSSR count). The number of aliphatic hydroxyl groups excluding tert-OH is 7. The van der Waals surface area contributed by atoms with Crippen LogP contribution in [0.25, 0.3) is 0 Å². The van der Waals surface area contributed by atoms with Crippen molar-refractivity contribution >= 4 is 21.7 Å². The molecule has 0 bridgehead atoms. The Morgan fingerprint density at radius 1 is 0.894 bits per heavy atom. The first-order valence-corrected chi connectivity index (χ1v) is 16.3. The maximum absolute atomic E-state index is 13.9. The van der Waals surface area contributed by atoms with E-state index < -0.39 is 101 Å². The lowest BCUT2D eigenvalue weighted by Gasteiger charge is -2.46. The van der Waals surface area contributed by atoms with E-state index in [2.05, 4.69) is 10.0 Å². The largest absolute Gasteiger partial charge is 0.478 e. The predicted molar refractivity (Wildman–Crippen MR) is 160 cm³/mol. The van der Waals surface area contributed by atoms with Gasteiger partial charge in [-0.25, -0.2) is 13.2 Å². The first-order chi connectivity index (χ1) is 22.3. The Bertz CT molecular complexity index is 1440. The number of carboxylic acids is 1. The molecule has 2 saturated heterocycles. The van der Waals surface area contributed by atoms with Gasteiger partial charge in [0.1, 0.15) is 59.5 Å². The number of carbonyl (C=O) groups is 1. The number of ether oxygens (including phenoxy) is 4. The molecule has 10 atom stereocenters. The second kappa shape index (κ2) is 15.9. The van der Waals surface area contributed by atoms with Crippen molar-refractivity contribution in [2.45, 2.75) is 86.0 Å². The number of hydrogen-bond acceptors (Lipinski definition) is 15. The summed E-state index contributed by atoms with van der Waals surface area (Å²) in [6.07, 6.45) is -16.4. The number of unbranched alkanes of at least 4 members (excludes halogenated alkanes) is 1. The molecule has 0 radical (unpaired) electrons. The Labute approximate surface area is 270 Å². The van der Waals surface area contributed by atoms with Crippen molar-refractivity contribution < 1.29 is 73.0 Å². The van der Waals surface area contributed by atoms with E-state index in [4.69, 9.17) is 18.9 Å². The second-order valence-corrected chi connectivity index (χ2v) is 12.7. The fourth-order valence-corrected chi connectivity index (χ4v) is 6.38. The van der Waals surface area contributed by atoms with Gasteiger partial charge < -0.3 is 65.1 Å². The molecule has 0 amide bonds. The van der Waals surface area contributed by atoms with Gasteiger partial charge in [-0.3, -0.25) is 0 Å². The van der Waals surface area contributed by atoms with Crippen LogP contribution in [0.4, 0.5) is 5.69 Å². The third kappa shape index (κ3) is 8.37. The van der Waals surface area contributed by atoms with Crippen LogP contribution in [0.5, 0.6) is 11.5 Å². The molecule has 17 nitrogen and oxygen atoms in total. The SMILES string of the molecule is CCCCNc1cc(C(=O)O)cc(S(=O)(=O)NC2OC(CO)C(OC3OC(CO)C(O)C(O)C3O)C(O)C2O)c1Oc1ccccc1. The molecule has 262 valence electrons. The first kappa shape index (κ1) is 36.8. The minimum Gasteiger partial charge on any atom is -0.478 e. The van der Waals surface area contributed by atoms with Gasteiger partial charge in [0.15, 0.2) is 18.3 Å². The third-order valence-corrected chi connectivity index (χ3v) is 9.10. The normalized spacial score (nSPS) is 31.3. The van der Waals surface area contributed by atoms with Gasteiger partial charge in [-0.15, -0.1) is 0 Å². The Morgan fingerprint density at radius 3 is 2.19 bits per heavy atom. The van der Waals surface area contributed by atoms with Crippen molar-refractivity contribution in [3.63, 3.8) is 0 Å². The zero-order chi connectivity index (χ0) is 34.5. The van der Waals surface area contributed by atoms with Crippen molar-refractivity contribution in [3.05, 3.63) is 48.0 Å². The van der Waals surface area contributed by atoms with Crippen molar-refractivity contribution in [1.82, 2.24) is 4.72 Å². The van der Waals surface area contributed by atoms with Crippen molar-refractivity contribution in [2.24, 2.45) is 0 Å². The highest BCUT2D eigenvalue weighted by Gasteiger charge is 2.51. The summed E-state index contributed by atoms with van der Waals surface area (Å²) in [5, 5.41) is 84.6. The summed E-state index contributed by atoms with van der Waals surface area (Å²) in [6, 6.07) is 10.2. The number of benzene rings is 2. The summed E-state index contributed by atoms with van der Waals surface area (Å²) in [6.45, 7) is 0.591. The summed E-state index contributed by atoms with van der Waals surface area (Å²) in [7, 11) is -4.84. The number of hydrogen-bond donors (Lipinski definition) is 10. The molecule has 18 heteroatoms. The van der Waals surface area contributed by atoms with Gasteiger partial charge in [-0.05, 0) is 30.7 Å². The predicted octanol–water partition coefficient (Wildman–Crippen LogP) is -1.71. The summed E-state index contributed by atoms with van der Waals surface area (Å²) >= 11 is 0. The zero-order valence-corrected chi connectivity index (χ0v) is 26.0. The van der Waals surface area contributed by atoms with Gasteiger partial charge in [0.05, 0.1) is 24.5 Å². The number of sulfonamides is 1. The molecule has 2 aliphatic heterocycles. The lowest BCUT2D eigenvalue weighted by Crippen LogP contribution is -2.66. The van der Waals surface area contributed by atoms with E-state index in [0.29, 0.717) is 13.0 Å². The fourth-order valence-electron chi connectivity index (χ4n) is 5.07. The summed E-state index contributed by atoms with van der Waals surface area (Å²) in [4.78, 5) is 11.4. The Balaban J connectivity index is 1.64. The van der Waals surface area contributed by atoms with Crippen LogP contribution in [-0.2, 0) is 24.2 Å². The number of rotatable bonds is 14. The van der Waals surface area contributed by atoms with Gasteiger partial charge in [0.2, 0.25) is 10.0 Å². The van der Waals surface area contributed by atoms with Gasteiger partial charge in [-0.2, -0.15) is 4.72 Å². The topological polar surface area (TPSA) is 274 Å². The quantitative estimate of drug-likeness (QED) is 0.0990. The van der Waals surface area contributed by atoms with Crippen molar-refractivity contribution in [2.75, 3.05) is 25.1 Å². The highest BCUT2D eigenvalue weighted by Crippen LogP contribution is 2.38. The van der Waals surface area contributed by atoms with E-state index in [-0.39, 0.29) is 17.2 Å². The molecule has 10 unspecified atom stereocenters. The Hall–Kier alpha value is -2.98. The third-order valence-electron chi connectivity index (χ3n) is 7.68. The first-order valence-electron chi connectivity index (χ1n) is 14.8. The number of aliphatic hydroxyl groups is 7. The van der Waals surface area contributed by atoms with Gasteiger partial charge in [0.25, 0.3) is 0 Å². The van der Waals surface area contributed by atoms with Crippen LogP contribution >= 0.6 is 0 Å². The molecule has 47 heavy (non-hydrogen) atoms. The average molecular weight is 689 g/mol. The minimum atomic E-state index is -4.84. The van der Waals surface area contributed by atoms with Crippen LogP contribution in [-0.4, -0.2) is 136 Å². The van der Waals surface area contributed by atoms with E-state index in [1.807, 2.05) is 6.92 Å². The van der Waals surface area contributed by atoms with Crippen LogP contribution in [0.1, 0.15) is 30.1 Å². The monoisotopic (exact) mass is 688 g/mol. The average Bonchev–Trinajstić information content (AvgIpc) is 3.05. The zero-order valence-electron chi connectivity index (χ0n) is 25.2. The van der Waals surface area contributed by atoms with Crippen LogP contribution in [0, 0.1) is 0 Å². The molecule has 2 aliphatic rings. The molecule has 0 aromatic heterocycles. The highest BCUT2D eigenvalue weighted by atomic mass is 32.2. The van der Waals surface area contributed by atoms with Crippen molar-refractivity contribution in [1.29, 1.82) is 0 Å². The molecule has 0 aliphatic carbocycles. The van der Waals surface area contributed by atoms with Crippen molar-refractivity contribution in [3.8, 4) is 11.5 Å². The number of para-hydroxylation sites is 1. The van der Waals surface area contributed by atoms with E-state index in [0.717, 1.165) is 12.5 Å². The van der Waals surface area contributed by atoms with Gasteiger partial charge in [-0.1, -0.05) is 31.5 Å². The summed E-state index contributed by atoms with van der Waals surface area (Å²) in [5.74, 6) is -1.48. The van der Waals surface area contributed by atoms with E-state index in [1.54, 1.807) is 30.3 Å². The van der Waals surface area contributed by atoms with Gasteiger partial charge in [0, 0.05) is 6.54 Å². The number of aromatic carboxylic acids is 1. The summed E-state index contributed by atoms with van der Waals surface area (Å²) in [5.41, 5.74) is -0.356. The minimum absolute atomic E-state index is 0.0500. The van der Waals surface area contributed by atoms with E-state index >= 15 is 0 Å². The number of anilines is 1. The molecule has 2 aromatic rings. The molecule has 10 N–H and O–H groups in total. The molecule has 2 heterocycles. The Kier molecular flexibility index (Phi) is 12.5. The highest BCUT2D eigenvalue weighted by molar-refractivity contribution is 7.89. The van der Waals surface area contributed by atoms with Gasteiger partial charge >= 0.3 is 5.97 Å². The lowest BCUT2D eigenvalue weighted by molar-refractivity contribution is -0.342. The maximum atomic E-state index is 13.9. The number of nitrogens with one attached hydrogen (secondary N) is 2. The van der Waals surface area contributed by atoms with Crippen LogP contribution < -0.4 is 14.8 Å². The van der Waals surface area contributed by atoms with Crippen LogP contribution in [0.3, 0.4) is 0 Å². The van der Waals surface area contributed by atoms with Crippen LogP contribution in [0.15, 0.2) is 47.4 Å². The molecule has 0 spiro atoms. The molecular weight excluding hydrogens is 648 g/mol. The molecule has 2 fully saturated rings. The molecule has 2 aromatic carbocycles. The number of carboxylic acid groups (broad SMARTS) is 1. The maximum Gasteiger partial charge on any atom is 0.335 e. The molecular formula is C29H40N2O15S. The van der Waals surface area contributed by atoms with Crippen LogP contribution in [0.2, 0.25) is 0 Å². The lowest BCUT2D eigenvalue weighted by atomic mass is 9.96. The fraction of sp³-hybridized carbons (Fsp3) is 0.552. The second-order valence-electron chi connectivity index (χ2n) is 11.0. The summed E-state index contributed by atoms with van der Waals surface area (Å²) < 4.78 is 52.2. The smallest absolute Gasteiger partial charge is 0.335 e.